The number of benzene rings is 1. The Morgan fingerprint density at radius 1 is 1.42 bits per heavy atom. The Morgan fingerprint density at radius 2 is 2.21 bits per heavy atom. The molecule has 0 fully saturated rings. The van der Waals surface area contributed by atoms with Gasteiger partial charge in [-0.15, -0.1) is 0 Å². The Balaban J connectivity index is 2.29. The summed E-state index contributed by atoms with van der Waals surface area (Å²) in [7, 11) is 0. The minimum atomic E-state index is -0.443. The Hall–Kier alpha value is -2.57. The van der Waals surface area contributed by atoms with E-state index in [1.54, 1.807) is 0 Å². The fourth-order valence-electron chi connectivity index (χ4n) is 1.59. The predicted molar refractivity (Wildman–Crippen MR) is 88.7 cm³/mol. The number of hydrogen-bond donors (Lipinski definition) is 5. The number of amidine groups is 1. The van der Waals surface area contributed by atoms with Crippen LogP contribution in [0, 0.1) is 5.82 Å². The fraction of sp³-hybridized carbons (Fsp3) is 0.167. The van der Waals surface area contributed by atoms with Gasteiger partial charge in [-0.05, 0) is 44.4 Å². The molecule has 2 rings (SSSR count). The van der Waals surface area contributed by atoms with Crippen LogP contribution in [0.1, 0.15) is 5.69 Å². The number of hydrogen-bond acceptors (Lipinski definition) is 7. The molecule has 0 aliphatic heterocycles. The van der Waals surface area contributed by atoms with Gasteiger partial charge in [0.1, 0.15) is 5.82 Å². The molecule has 10 nitrogen and oxygen atoms in total. The van der Waals surface area contributed by atoms with Crippen molar-refractivity contribution < 1.29 is 14.2 Å². The van der Waals surface area contributed by atoms with E-state index in [1.807, 2.05) is 5.48 Å². The van der Waals surface area contributed by atoms with Crippen LogP contribution in [0.2, 0.25) is 0 Å². The Bertz CT molecular complexity index is 763. The molecule has 1 heterocycles. The van der Waals surface area contributed by atoms with Gasteiger partial charge in [-0.2, -0.15) is 0 Å². The van der Waals surface area contributed by atoms with Crippen molar-refractivity contribution in [1.29, 1.82) is 0 Å². The first-order valence-corrected chi connectivity index (χ1v) is 7.38. The number of rotatable bonds is 5. The minimum absolute atomic E-state index is 0.0409. The number of aliphatic imine (C=N–C) groups is 2. The highest BCUT2D eigenvalue weighted by atomic mass is 79.9. The second kappa shape index (κ2) is 8.33. The molecule has 0 amide bonds. The summed E-state index contributed by atoms with van der Waals surface area (Å²) in [4.78, 5) is 8.03. The summed E-state index contributed by atoms with van der Waals surface area (Å²) in [6.45, 7) is 0.652. The second-order valence-electron chi connectivity index (χ2n) is 4.31. The summed E-state index contributed by atoms with van der Waals surface area (Å²) in [6, 6.07) is 4.05. The third-order valence-electron chi connectivity index (χ3n) is 2.62. The van der Waals surface area contributed by atoms with Gasteiger partial charge in [-0.3, -0.25) is 15.7 Å². The molecule has 12 heteroatoms. The molecule has 0 aliphatic rings. The van der Waals surface area contributed by atoms with E-state index in [1.165, 1.54) is 18.2 Å². The van der Waals surface area contributed by atoms with Crippen molar-refractivity contribution in [3.05, 3.63) is 34.2 Å². The van der Waals surface area contributed by atoms with Gasteiger partial charge in [0, 0.05) is 6.54 Å². The smallest absolute Gasteiger partial charge is 0.208 e. The molecule has 128 valence electrons. The molecule has 7 N–H and O–H groups in total. The molecule has 0 unspecified atom stereocenters. The summed E-state index contributed by atoms with van der Waals surface area (Å²) in [5.41, 5.74) is 13.3. The Labute approximate surface area is 143 Å². The Kier molecular flexibility index (Phi) is 6.17. The van der Waals surface area contributed by atoms with Crippen LogP contribution in [0.3, 0.4) is 0 Å². The predicted octanol–water partition coefficient (Wildman–Crippen LogP) is 0.714. The standard InChI is InChI=1S/C12H14BrFN8O2/c13-7-5-6(1-2-8(7)14)18-10(20-23)9-11(22-24-21-9)19-12(16)17-4-3-15/h1-2,5,23H,3-4,15H2,(H,18,20)(H3,16,17,19,22). The van der Waals surface area contributed by atoms with E-state index in [4.69, 9.17) is 11.5 Å². The lowest BCUT2D eigenvalue weighted by molar-refractivity contribution is 0.234. The molecule has 1 aromatic carbocycles. The second-order valence-corrected chi connectivity index (χ2v) is 5.17. The number of hydroxylamine groups is 1. The van der Waals surface area contributed by atoms with Crippen molar-refractivity contribution in [2.45, 2.75) is 0 Å². The minimum Gasteiger partial charge on any atom is -0.370 e. The number of guanidine groups is 1. The zero-order valence-electron chi connectivity index (χ0n) is 12.2. The van der Waals surface area contributed by atoms with Crippen molar-refractivity contribution in [2.24, 2.45) is 21.5 Å². The third kappa shape index (κ3) is 4.47. The number of nitrogens with zero attached hydrogens (tertiary/aromatic N) is 4. The van der Waals surface area contributed by atoms with Gasteiger partial charge >= 0.3 is 0 Å². The molecule has 0 spiro atoms. The maximum atomic E-state index is 13.3. The molecule has 2 aromatic rings. The maximum absolute atomic E-state index is 13.3. The molecule has 24 heavy (non-hydrogen) atoms. The van der Waals surface area contributed by atoms with E-state index in [-0.39, 0.29) is 27.8 Å². The van der Waals surface area contributed by atoms with Crippen LogP contribution in [0.15, 0.2) is 37.3 Å². The van der Waals surface area contributed by atoms with Crippen molar-refractivity contribution in [3.8, 4) is 0 Å². The first-order chi connectivity index (χ1) is 11.5. The molecular formula is C12H14BrFN8O2. The zero-order valence-corrected chi connectivity index (χ0v) is 13.8. The normalized spacial score (nSPS) is 12.3. The highest BCUT2D eigenvalue weighted by molar-refractivity contribution is 9.10. The molecule has 0 saturated carbocycles. The molecular weight excluding hydrogens is 387 g/mol. The molecule has 0 bridgehead atoms. The lowest BCUT2D eigenvalue weighted by Crippen LogP contribution is -2.27. The summed E-state index contributed by atoms with van der Waals surface area (Å²) >= 11 is 3.05. The van der Waals surface area contributed by atoms with Crippen molar-refractivity contribution in [3.63, 3.8) is 0 Å². The topological polar surface area (TPSA) is 160 Å². The summed E-state index contributed by atoms with van der Waals surface area (Å²) in [5.74, 6) is -0.417. The van der Waals surface area contributed by atoms with E-state index in [9.17, 15) is 9.60 Å². The van der Waals surface area contributed by atoms with Crippen molar-refractivity contribution >= 4 is 39.2 Å². The van der Waals surface area contributed by atoms with Gasteiger partial charge in [0.2, 0.25) is 5.82 Å². The van der Waals surface area contributed by atoms with Gasteiger partial charge in [0.15, 0.2) is 17.5 Å². The molecule has 0 radical (unpaired) electrons. The third-order valence-corrected chi connectivity index (χ3v) is 3.23. The molecule has 1 aromatic heterocycles. The fourth-order valence-corrected chi connectivity index (χ4v) is 1.95. The van der Waals surface area contributed by atoms with Crippen molar-refractivity contribution in [1.82, 2.24) is 15.8 Å². The van der Waals surface area contributed by atoms with E-state index in [0.29, 0.717) is 18.8 Å². The van der Waals surface area contributed by atoms with E-state index in [0.717, 1.165) is 0 Å². The monoisotopic (exact) mass is 400 g/mol. The molecule has 0 saturated heterocycles. The van der Waals surface area contributed by atoms with E-state index < -0.39 is 5.82 Å². The lowest BCUT2D eigenvalue weighted by Gasteiger charge is -2.05. The van der Waals surface area contributed by atoms with Gasteiger partial charge in [-0.1, -0.05) is 0 Å². The van der Waals surface area contributed by atoms with Gasteiger partial charge < -0.3 is 16.8 Å². The van der Waals surface area contributed by atoms with Crippen LogP contribution < -0.4 is 22.3 Å². The average Bonchev–Trinajstić information content (AvgIpc) is 3.01. The van der Waals surface area contributed by atoms with Crippen LogP contribution in [-0.4, -0.2) is 40.4 Å². The van der Waals surface area contributed by atoms with Crippen LogP contribution >= 0.6 is 15.9 Å². The van der Waals surface area contributed by atoms with Crippen LogP contribution in [0.25, 0.3) is 0 Å². The number of aromatic nitrogens is 2. The van der Waals surface area contributed by atoms with Crippen LogP contribution in [-0.2, 0) is 0 Å². The lowest BCUT2D eigenvalue weighted by atomic mass is 10.3. The summed E-state index contributed by atoms with van der Waals surface area (Å²) in [5, 5.41) is 19.2. The number of halogens is 2. The summed E-state index contributed by atoms with van der Waals surface area (Å²) in [6.07, 6.45) is 0. The molecule has 0 aliphatic carbocycles. The highest BCUT2D eigenvalue weighted by Crippen LogP contribution is 2.23. The number of nitrogens with one attached hydrogen (secondary N) is 2. The largest absolute Gasteiger partial charge is 0.370 e. The number of nitrogens with two attached hydrogens (primary N) is 2. The number of anilines is 1. The maximum Gasteiger partial charge on any atom is 0.208 e. The van der Waals surface area contributed by atoms with Crippen molar-refractivity contribution in [2.75, 3.05) is 18.4 Å². The van der Waals surface area contributed by atoms with Gasteiger partial charge in [0.05, 0.1) is 16.7 Å². The Morgan fingerprint density at radius 3 is 2.88 bits per heavy atom. The first kappa shape index (κ1) is 17.8. The highest BCUT2D eigenvalue weighted by Gasteiger charge is 2.17. The van der Waals surface area contributed by atoms with Crippen LogP contribution in [0.4, 0.5) is 15.9 Å². The molecule has 0 atom stereocenters. The van der Waals surface area contributed by atoms with Gasteiger partial charge in [-0.25, -0.2) is 14.0 Å². The summed E-state index contributed by atoms with van der Waals surface area (Å²) < 4.78 is 18.1. The zero-order chi connectivity index (χ0) is 17.5. The van der Waals surface area contributed by atoms with E-state index >= 15 is 0 Å². The van der Waals surface area contributed by atoms with E-state index in [2.05, 4.69) is 46.2 Å². The van der Waals surface area contributed by atoms with Gasteiger partial charge in [0.25, 0.3) is 0 Å². The first-order valence-electron chi connectivity index (χ1n) is 6.59. The SMILES string of the molecule is NCCN=C(N)Nc1nonc1C(=Nc1ccc(F)c(Br)c1)NO. The quantitative estimate of drug-likeness (QED) is 0.278. The van der Waals surface area contributed by atoms with Crippen LogP contribution in [0.5, 0.6) is 0 Å². The average molecular weight is 401 g/mol.